The lowest BCUT2D eigenvalue weighted by molar-refractivity contribution is -0.146. The summed E-state index contributed by atoms with van der Waals surface area (Å²) in [7, 11) is 0. The number of aliphatic hydroxyl groups excluding tert-OH is 2. The number of carbonyl (C=O) groups is 3. The van der Waals surface area contributed by atoms with E-state index in [-0.39, 0.29) is 31.6 Å². The zero-order chi connectivity index (χ0) is 20.9. The third-order valence-electron chi connectivity index (χ3n) is 3.41. The third-order valence-corrected chi connectivity index (χ3v) is 3.41. The molecule has 152 valence electrons. The summed E-state index contributed by atoms with van der Waals surface area (Å²) in [5.74, 6) is 0.201. The Balaban J connectivity index is 2.81. The van der Waals surface area contributed by atoms with Crippen molar-refractivity contribution >= 4 is 29.4 Å². The van der Waals surface area contributed by atoms with Crippen LogP contribution >= 0.6 is 0 Å². The van der Waals surface area contributed by atoms with Gasteiger partial charge in [-0.25, -0.2) is 9.79 Å². The number of aliphatic hydroxyl groups is 2. The summed E-state index contributed by atoms with van der Waals surface area (Å²) >= 11 is 0. The molecular formula is C19H24N2O7. The molecule has 0 aliphatic rings. The molecule has 0 aliphatic heterocycles. The summed E-state index contributed by atoms with van der Waals surface area (Å²) < 4.78 is 9.77. The normalized spacial score (nSPS) is 11.0. The Morgan fingerprint density at radius 1 is 1.14 bits per heavy atom. The molecule has 1 amide bonds. The highest BCUT2D eigenvalue weighted by Gasteiger charge is 2.23. The quantitative estimate of drug-likeness (QED) is 0.311. The Kier molecular flexibility index (Phi) is 10.0. The number of aliphatic imine (C=N–C) groups is 1. The number of esters is 2. The zero-order valence-electron chi connectivity index (χ0n) is 15.8. The van der Waals surface area contributed by atoms with Crippen LogP contribution in [0.3, 0.4) is 0 Å². The monoisotopic (exact) mass is 392 g/mol. The maximum atomic E-state index is 12.4. The van der Waals surface area contributed by atoms with E-state index >= 15 is 0 Å². The first kappa shape index (κ1) is 22.9. The second-order valence-electron chi connectivity index (χ2n) is 5.50. The molecule has 0 unspecified atom stereocenters. The van der Waals surface area contributed by atoms with Crippen molar-refractivity contribution in [3.63, 3.8) is 0 Å². The van der Waals surface area contributed by atoms with Crippen molar-refractivity contribution < 1.29 is 34.1 Å². The zero-order valence-corrected chi connectivity index (χ0v) is 15.8. The van der Waals surface area contributed by atoms with Crippen molar-refractivity contribution in [3.05, 3.63) is 35.6 Å². The summed E-state index contributed by atoms with van der Waals surface area (Å²) in [6.45, 7) is 3.12. The molecule has 1 rings (SSSR count). The van der Waals surface area contributed by atoms with Gasteiger partial charge in [-0.2, -0.15) is 0 Å². The fraction of sp³-hybridized carbons (Fsp3) is 0.421. The van der Waals surface area contributed by atoms with Gasteiger partial charge in [0.1, 0.15) is 12.6 Å². The van der Waals surface area contributed by atoms with Crippen molar-refractivity contribution in [2.24, 2.45) is 4.99 Å². The number of carbonyl (C=O) groups excluding carboxylic acids is 3. The van der Waals surface area contributed by atoms with Crippen molar-refractivity contribution in [2.45, 2.75) is 32.7 Å². The van der Waals surface area contributed by atoms with Crippen LogP contribution in [0, 0.1) is 0 Å². The van der Waals surface area contributed by atoms with Gasteiger partial charge in [-0.3, -0.25) is 9.59 Å². The van der Waals surface area contributed by atoms with Crippen LogP contribution in [0.15, 0.2) is 35.0 Å². The molecule has 0 saturated carbocycles. The molecule has 9 nitrogen and oxygen atoms in total. The predicted molar refractivity (Wildman–Crippen MR) is 101 cm³/mol. The first-order valence-electron chi connectivity index (χ1n) is 8.76. The minimum atomic E-state index is -0.987. The molecule has 0 radical (unpaired) electrons. The van der Waals surface area contributed by atoms with Crippen molar-refractivity contribution in [1.29, 1.82) is 0 Å². The van der Waals surface area contributed by atoms with E-state index in [0.29, 0.717) is 5.69 Å². The molecule has 1 aromatic carbocycles. The fourth-order valence-corrected chi connectivity index (χ4v) is 2.08. The molecule has 0 heterocycles. The Bertz CT molecular complexity index is 737. The van der Waals surface area contributed by atoms with E-state index in [4.69, 9.17) is 19.7 Å². The minimum absolute atomic E-state index is 0.0358. The lowest BCUT2D eigenvalue weighted by Gasteiger charge is -2.17. The maximum Gasteiger partial charge on any atom is 0.328 e. The summed E-state index contributed by atoms with van der Waals surface area (Å²) in [5, 5.41) is 20.3. The molecular weight excluding hydrogens is 368 g/mol. The van der Waals surface area contributed by atoms with Crippen molar-refractivity contribution in [3.8, 4) is 0 Å². The standard InChI is InChI=1S/C19H24N2O7/c1-3-27-17(24)10-9-16(19(26)28-4-2)21-18(25)13-5-7-14(8-6-13)20-11-15(23)12-22/h5-8,16,22-23H,3-4,9-10,12H2,1-2H3,(H,21,25)/t16-/m0/s1. The summed E-state index contributed by atoms with van der Waals surface area (Å²) in [6.07, 6.45) is 0.0168. The SMILES string of the molecule is CCOC(=O)CC[C@H](NC(=O)c1ccc(N=C=C(O)CO)cc1)C(=O)OCC. The average Bonchev–Trinajstić information content (AvgIpc) is 2.69. The van der Waals surface area contributed by atoms with E-state index in [1.807, 2.05) is 0 Å². The van der Waals surface area contributed by atoms with Crippen LogP contribution in [0.1, 0.15) is 37.0 Å². The number of amides is 1. The number of hydrogen-bond acceptors (Lipinski definition) is 8. The van der Waals surface area contributed by atoms with Gasteiger partial charge in [-0.15, -0.1) is 0 Å². The highest BCUT2D eigenvalue weighted by Crippen LogP contribution is 2.13. The second kappa shape index (κ2) is 12.3. The van der Waals surface area contributed by atoms with Crippen LogP contribution in [-0.2, 0) is 19.1 Å². The summed E-state index contributed by atoms with van der Waals surface area (Å²) in [4.78, 5) is 39.8. The maximum absolute atomic E-state index is 12.4. The first-order valence-corrected chi connectivity index (χ1v) is 8.76. The van der Waals surface area contributed by atoms with E-state index in [1.54, 1.807) is 13.8 Å². The van der Waals surface area contributed by atoms with Gasteiger partial charge in [-0.05, 0) is 44.5 Å². The number of benzene rings is 1. The molecule has 0 saturated heterocycles. The highest BCUT2D eigenvalue weighted by atomic mass is 16.5. The number of rotatable bonds is 10. The van der Waals surface area contributed by atoms with Gasteiger partial charge in [0.05, 0.1) is 18.9 Å². The largest absolute Gasteiger partial charge is 0.501 e. The molecule has 0 fully saturated rings. The van der Waals surface area contributed by atoms with Gasteiger partial charge >= 0.3 is 11.9 Å². The smallest absolute Gasteiger partial charge is 0.328 e. The second-order valence-corrected chi connectivity index (χ2v) is 5.50. The van der Waals surface area contributed by atoms with Gasteiger partial charge in [0.2, 0.25) is 0 Å². The van der Waals surface area contributed by atoms with E-state index in [0.717, 1.165) is 0 Å². The minimum Gasteiger partial charge on any atom is -0.501 e. The van der Waals surface area contributed by atoms with Gasteiger partial charge in [0, 0.05) is 17.9 Å². The first-order chi connectivity index (χ1) is 13.4. The van der Waals surface area contributed by atoms with Crippen LogP contribution in [0.5, 0.6) is 0 Å². The van der Waals surface area contributed by atoms with Gasteiger partial charge in [0.25, 0.3) is 5.91 Å². The number of nitrogens with one attached hydrogen (secondary N) is 1. The van der Waals surface area contributed by atoms with Crippen LogP contribution < -0.4 is 5.32 Å². The lowest BCUT2D eigenvalue weighted by Crippen LogP contribution is -2.42. The van der Waals surface area contributed by atoms with E-state index in [9.17, 15) is 14.4 Å². The number of ether oxygens (including phenoxy) is 2. The fourth-order valence-electron chi connectivity index (χ4n) is 2.08. The molecule has 3 N–H and O–H groups in total. The topological polar surface area (TPSA) is 135 Å². The molecule has 0 aliphatic carbocycles. The van der Waals surface area contributed by atoms with Gasteiger partial charge < -0.3 is 25.0 Å². The number of hydrogen-bond donors (Lipinski definition) is 3. The Hall–Kier alpha value is -3.16. The van der Waals surface area contributed by atoms with Gasteiger partial charge in [-0.1, -0.05) is 0 Å². The molecule has 0 bridgehead atoms. The van der Waals surface area contributed by atoms with Gasteiger partial charge in [0.15, 0.2) is 5.76 Å². The van der Waals surface area contributed by atoms with Crippen LogP contribution in [0.4, 0.5) is 5.69 Å². The van der Waals surface area contributed by atoms with Crippen LogP contribution in [0.25, 0.3) is 0 Å². The summed E-state index contributed by atoms with van der Waals surface area (Å²) in [6, 6.07) is 4.97. The molecule has 28 heavy (non-hydrogen) atoms. The van der Waals surface area contributed by atoms with E-state index in [2.05, 4.69) is 16.2 Å². The molecule has 9 heteroatoms. The van der Waals surface area contributed by atoms with E-state index in [1.165, 1.54) is 24.3 Å². The Labute approximate surface area is 162 Å². The van der Waals surface area contributed by atoms with Crippen LogP contribution in [-0.4, -0.2) is 59.8 Å². The van der Waals surface area contributed by atoms with Crippen molar-refractivity contribution in [2.75, 3.05) is 19.8 Å². The third kappa shape index (κ3) is 8.03. The molecule has 1 aromatic rings. The lowest BCUT2D eigenvalue weighted by atomic mass is 10.1. The van der Waals surface area contributed by atoms with Crippen LogP contribution in [0.2, 0.25) is 0 Å². The predicted octanol–water partition coefficient (Wildman–Crippen LogP) is 1.43. The summed E-state index contributed by atoms with van der Waals surface area (Å²) in [5.41, 5.74) is 0.667. The van der Waals surface area contributed by atoms with E-state index < -0.39 is 36.3 Å². The molecule has 0 aromatic heterocycles. The van der Waals surface area contributed by atoms with Crippen molar-refractivity contribution in [1.82, 2.24) is 5.32 Å². The Morgan fingerprint density at radius 2 is 1.79 bits per heavy atom. The Morgan fingerprint density at radius 3 is 2.36 bits per heavy atom. The molecule has 0 spiro atoms. The highest BCUT2D eigenvalue weighted by molar-refractivity contribution is 5.97. The number of nitrogens with zero attached hydrogens (tertiary/aromatic N) is 1. The molecule has 1 atom stereocenters. The average molecular weight is 392 g/mol.